The Morgan fingerprint density at radius 1 is 0.905 bits per heavy atom. The molecule has 1 spiro atoms. The van der Waals surface area contributed by atoms with Gasteiger partial charge in [-0.05, 0) is 36.1 Å². The first-order valence-corrected chi connectivity index (χ1v) is 8.35. The lowest BCUT2D eigenvalue weighted by Crippen LogP contribution is -2.27. The number of hydrogen-bond donors (Lipinski definition) is 0. The van der Waals surface area contributed by atoms with E-state index in [1.165, 1.54) is 22.3 Å². The van der Waals surface area contributed by atoms with Gasteiger partial charge in [-0.3, -0.25) is 0 Å². The minimum absolute atomic E-state index is 0.0600. The molecule has 2 bridgehead atoms. The Morgan fingerprint density at radius 2 is 1.33 bits per heavy atom. The van der Waals surface area contributed by atoms with Gasteiger partial charge in [-0.15, -0.1) is 23.2 Å². The van der Waals surface area contributed by atoms with Crippen molar-refractivity contribution in [2.45, 2.75) is 47.6 Å². The molecule has 0 unspecified atom stereocenters. The van der Waals surface area contributed by atoms with Gasteiger partial charge in [-0.1, -0.05) is 36.4 Å². The lowest BCUT2D eigenvalue weighted by Gasteiger charge is -2.28. The van der Waals surface area contributed by atoms with Gasteiger partial charge in [0.15, 0.2) is 0 Å². The molecule has 3 heteroatoms. The van der Waals surface area contributed by atoms with E-state index >= 15 is 0 Å². The Labute approximate surface area is 134 Å². The fraction of sp³-hybridized carbons (Fsp3) is 0.444. The van der Waals surface area contributed by atoms with Crippen LogP contribution < -0.4 is 0 Å². The Morgan fingerprint density at radius 3 is 1.71 bits per heavy atom. The molecule has 1 nitrogen and oxygen atoms in total. The molecule has 1 aliphatic heterocycles. The summed E-state index contributed by atoms with van der Waals surface area (Å²) in [4.78, 5) is 0. The van der Waals surface area contributed by atoms with Gasteiger partial charge in [0.1, 0.15) is 5.60 Å². The summed E-state index contributed by atoms with van der Waals surface area (Å²) in [6, 6.07) is 8.69. The fourth-order valence-corrected chi connectivity index (χ4v) is 5.72. The highest BCUT2D eigenvalue weighted by atomic mass is 35.5. The third kappa shape index (κ3) is 1.23. The Bertz CT molecular complexity index is 681. The van der Waals surface area contributed by atoms with Crippen LogP contribution in [0.3, 0.4) is 0 Å². The molecule has 108 valence electrons. The maximum atomic E-state index is 6.63. The molecular formula is C18H16Cl2O. The normalized spacial score (nSPS) is 44.2. The van der Waals surface area contributed by atoms with Gasteiger partial charge in [-0.2, -0.15) is 0 Å². The first kappa shape index (κ1) is 12.8. The van der Waals surface area contributed by atoms with Crippen molar-refractivity contribution in [3.8, 4) is 0 Å². The molecule has 4 atom stereocenters. The lowest BCUT2D eigenvalue weighted by atomic mass is 9.81. The molecule has 0 N–H and O–H groups in total. The second kappa shape index (κ2) is 3.59. The second-order valence-electron chi connectivity index (χ2n) is 7.00. The van der Waals surface area contributed by atoms with E-state index in [9.17, 15) is 0 Å². The van der Waals surface area contributed by atoms with E-state index in [2.05, 4.69) is 38.1 Å². The molecule has 0 radical (unpaired) electrons. The summed E-state index contributed by atoms with van der Waals surface area (Å²) in [7, 11) is 0. The van der Waals surface area contributed by atoms with E-state index in [0.29, 0.717) is 0 Å². The van der Waals surface area contributed by atoms with Crippen molar-refractivity contribution in [2.75, 3.05) is 0 Å². The van der Waals surface area contributed by atoms with Crippen LogP contribution in [0.15, 0.2) is 47.6 Å². The summed E-state index contributed by atoms with van der Waals surface area (Å²) in [6.07, 6.45) is 4.06. The van der Waals surface area contributed by atoms with Crippen molar-refractivity contribution < 1.29 is 4.74 Å². The summed E-state index contributed by atoms with van der Waals surface area (Å²) >= 11 is 13.3. The number of epoxide rings is 1. The number of halogens is 2. The molecule has 3 aliphatic carbocycles. The quantitative estimate of drug-likeness (QED) is 0.389. The fourth-order valence-electron chi connectivity index (χ4n) is 5.04. The van der Waals surface area contributed by atoms with Crippen LogP contribution in [0, 0.1) is 0 Å². The zero-order chi connectivity index (χ0) is 14.6. The molecular weight excluding hydrogens is 303 g/mol. The third-order valence-corrected chi connectivity index (χ3v) is 6.56. The van der Waals surface area contributed by atoms with Crippen LogP contribution in [-0.2, 0) is 4.74 Å². The van der Waals surface area contributed by atoms with Gasteiger partial charge in [0.2, 0.25) is 0 Å². The molecule has 1 saturated heterocycles. The topological polar surface area (TPSA) is 12.5 Å². The van der Waals surface area contributed by atoms with Crippen molar-refractivity contribution >= 4 is 23.2 Å². The standard InChI is InChI=1S/C18H16Cl2O/c1-17(2)18(21-17)15-9-5-3-4-6-10(9)16(18)14-12(20)8-7-11(19)13(14)15/h3-8,11-12,15-16H,1-2H3/t11-,12-,15-,16-/m1/s1. The van der Waals surface area contributed by atoms with E-state index < -0.39 is 0 Å². The lowest BCUT2D eigenvalue weighted by molar-refractivity contribution is 0.262. The van der Waals surface area contributed by atoms with Crippen molar-refractivity contribution in [1.82, 2.24) is 0 Å². The van der Waals surface area contributed by atoms with Crippen LogP contribution in [0.4, 0.5) is 0 Å². The van der Waals surface area contributed by atoms with Crippen molar-refractivity contribution in [1.29, 1.82) is 0 Å². The molecule has 5 rings (SSSR count). The van der Waals surface area contributed by atoms with E-state index in [1.54, 1.807) is 0 Å². The SMILES string of the molecule is CC1(C)OC12[C@H]1C3=C([C@H](Cl)C=C[C@H]3Cl)[C@H]2c2ccccc21. The smallest absolute Gasteiger partial charge is 0.119 e. The Balaban J connectivity index is 1.80. The van der Waals surface area contributed by atoms with E-state index in [0.717, 1.165) is 0 Å². The second-order valence-corrected chi connectivity index (χ2v) is 7.94. The molecule has 0 aromatic heterocycles. The summed E-state index contributed by atoms with van der Waals surface area (Å²) in [5.41, 5.74) is 5.09. The van der Waals surface area contributed by atoms with Crippen LogP contribution in [0.2, 0.25) is 0 Å². The maximum absolute atomic E-state index is 6.63. The van der Waals surface area contributed by atoms with Crippen molar-refractivity contribution in [3.63, 3.8) is 0 Å². The minimum atomic E-state index is -0.159. The van der Waals surface area contributed by atoms with E-state index in [4.69, 9.17) is 27.9 Å². The number of fused-ring (bicyclic) bond motifs is 5. The molecule has 1 fully saturated rings. The highest BCUT2D eigenvalue weighted by Crippen LogP contribution is 2.77. The number of rotatable bonds is 0. The molecule has 4 aliphatic rings. The summed E-state index contributed by atoms with van der Waals surface area (Å²) in [6.45, 7) is 4.38. The zero-order valence-electron chi connectivity index (χ0n) is 11.9. The molecule has 0 saturated carbocycles. The number of benzene rings is 1. The summed E-state index contributed by atoms with van der Waals surface area (Å²) in [5, 5.41) is -0.120. The highest BCUT2D eigenvalue weighted by Gasteiger charge is 2.79. The minimum Gasteiger partial charge on any atom is -0.361 e. The van der Waals surface area contributed by atoms with Gasteiger partial charge in [0.25, 0.3) is 0 Å². The molecule has 1 heterocycles. The largest absolute Gasteiger partial charge is 0.361 e. The Kier molecular flexibility index (Phi) is 2.18. The zero-order valence-corrected chi connectivity index (χ0v) is 13.4. The van der Waals surface area contributed by atoms with Crippen LogP contribution in [0.5, 0.6) is 0 Å². The van der Waals surface area contributed by atoms with Gasteiger partial charge in [-0.25, -0.2) is 0 Å². The van der Waals surface area contributed by atoms with Crippen LogP contribution in [0.25, 0.3) is 0 Å². The predicted molar refractivity (Wildman–Crippen MR) is 85.3 cm³/mol. The number of allylic oxidation sites excluding steroid dienone is 2. The molecule has 1 aromatic carbocycles. The maximum Gasteiger partial charge on any atom is 0.119 e. The first-order chi connectivity index (χ1) is 9.99. The Hall–Kier alpha value is -0.760. The molecule has 21 heavy (non-hydrogen) atoms. The van der Waals surface area contributed by atoms with Crippen LogP contribution in [-0.4, -0.2) is 22.0 Å². The van der Waals surface area contributed by atoms with Crippen LogP contribution >= 0.6 is 23.2 Å². The van der Waals surface area contributed by atoms with Crippen molar-refractivity contribution in [3.05, 3.63) is 58.7 Å². The number of ether oxygens (including phenoxy) is 1. The summed E-state index contributed by atoms with van der Waals surface area (Å²) in [5.74, 6) is 0.523. The van der Waals surface area contributed by atoms with E-state index in [-0.39, 0.29) is 33.8 Å². The predicted octanol–water partition coefficient (Wildman–Crippen LogP) is 4.51. The van der Waals surface area contributed by atoms with Gasteiger partial charge < -0.3 is 4.74 Å². The van der Waals surface area contributed by atoms with Gasteiger partial charge in [0, 0.05) is 11.8 Å². The van der Waals surface area contributed by atoms with Crippen molar-refractivity contribution in [2.24, 2.45) is 0 Å². The highest BCUT2D eigenvalue weighted by molar-refractivity contribution is 6.27. The number of alkyl halides is 2. The molecule has 1 aromatic rings. The van der Waals surface area contributed by atoms with Gasteiger partial charge in [0.05, 0.1) is 16.4 Å². The van der Waals surface area contributed by atoms with Gasteiger partial charge >= 0.3 is 0 Å². The van der Waals surface area contributed by atoms with E-state index in [1.807, 2.05) is 12.2 Å². The van der Waals surface area contributed by atoms with Crippen LogP contribution in [0.1, 0.15) is 36.8 Å². The summed E-state index contributed by atoms with van der Waals surface area (Å²) < 4.78 is 6.32. The molecule has 0 amide bonds. The average Bonchev–Trinajstić information content (AvgIpc) is 2.78. The average molecular weight is 319 g/mol. The third-order valence-electron chi connectivity index (χ3n) is 5.80. The number of hydrogen-bond acceptors (Lipinski definition) is 1. The first-order valence-electron chi connectivity index (χ1n) is 7.48. The monoisotopic (exact) mass is 318 g/mol.